The second kappa shape index (κ2) is 9.78. The molecule has 3 aliphatic rings. The van der Waals surface area contributed by atoms with E-state index in [0.717, 1.165) is 0 Å². The van der Waals surface area contributed by atoms with Crippen molar-refractivity contribution >= 4 is 11.9 Å². The van der Waals surface area contributed by atoms with Crippen molar-refractivity contribution < 1.29 is 19.8 Å². The molecule has 0 bridgehead atoms. The molecule has 2 unspecified atom stereocenters. The Balaban J connectivity index is 2.25. The molecule has 3 rings (SSSR count). The minimum absolute atomic E-state index is 0.339. The standard InChI is InChI=1S/C32H50N2O4/c1-11-17-33-27(3,4)19-23(20-28(33,5)6)31(25(35)36)15-13-14-16-32(31,26(37)38)24-21-29(7,8)34(18-12-2)30(9,10)22-24/h11-16,23-24H,1-2,17-22H2,3-10H3,(H,35,36)(H,37,38). The Kier molecular flexibility index (Phi) is 7.81. The summed E-state index contributed by atoms with van der Waals surface area (Å²) in [6, 6.07) is 0. The van der Waals surface area contributed by atoms with Gasteiger partial charge in [0.2, 0.25) is 0 Å². The van der Waals surface area contributed by atoms with Crippen molar-refractivity contribution in [3.8, 4) is 0 Å². The quantitative estimate of drug-likeness (QED) is 0.369. The summed E-state index contributed by atoms with van der Waals surface area (Å²) in [5, 5.41) is 22.3. The molecule has 6 heteroatoms. The average molecular weight is 527 g/mol. The zero-order valence-corrected chi connectivity index (χ0v) is 24.9. The Bertz CT molecular complexity index is 918. The van der Waals surface area contributed by atoms with Crippen molar-refractivity contribution in [2.24, 2.45) is 22.7 Å². The summed E-state index contributed by atoms with van der Waals surface area (Å²) in [6.07, 6.45) is 13.0. The topological polar surface area (TPSA) is 81.1 Å². The molecular weight excluding hydrogens is 476 g/mol. The smallest absolute Gasteiger partial charge is 0.315 e. The fraction of sp³-hybridized carbons (Fsp3) is 0.688. The lowest BCUT2D eigenvalue weighted by molar-refractivity contribution is -0.190. The molecule has 1 aliphatic carbocycles. The van der Waals surface area contributed by atoms with Crippen molar-refractivity contribution in [1.82, 2.24) is 9.80 Å². The molecule has 2 atom stereocenters. The molecule has 212 valence electrons. The van der Waals surface area contributed by atoms with Crippen LogP contribution >= 0.6 is 0 Å². The first-order chi connectivity index (χ1) is 17.4. The summed E-state index contributed by atoms with van der Waals surface area (Å²) in [6.45, 7) is 26.4. The van der Waals surface area contributed by atoms with Gasteiger partial charge in [-0.25, -0.2) is 0 Å². The Morgan fingerprint density at radius 1 is 0.684 bits per heavy atom. The van der Waals surface area contributed by atoms with E-state index in [-0.39, 0.29) is 34.0 Å². The fourth-order valence-electron chi connectivity index (χ4n) is 9.01. The van der Waals surface area contributed by atoms with E-state index < -0.39 is 22.8 Å². The highest BCUT2D eigenvalue weighted by atomic mass is 16.4. The van der Waals surface area contributed by atoms with Crippen molar-refractivity contribution in [2.75, 3.05) is 13.1 Å². The lowest BCUT2D eigenvalue weighted by atomic mass is 9.45. The van der Waals surface area contributed by atoms with E-state index in [1.807, 2.05) is 12.2 Å². The van der Waals surface area contributed by atoms with Crippen molar-refractivity contribution in [1.29, 1.82) is 0 Å². The Morgan fingerprint density at radius 3 is 1.16 bits per heavy atom. The first-order valence-electron chi connectivity index (χ1n) is 14.0. The van der Waals surface area contributed by atoms with Gasteiger partial charge in [0, 0.05) is 35.2 Å². The number of carboxylic acids is 2. The highest BCUT2D eigenvalue weighted by Gasteiger charge is 2.69. The maximum Gasteiger partial charge on any atom is 0.315 e. The number of aliphatic carboxylic acids is 2. The molecule has 38 heavy (non-hydrogen) atoms. The number of hydrogen-bond donors (Lipinski definition) is 2. The van der Waals surface area contributed by atoms with E-state index in [1.54, 1.807) is 24.3 Å². The third-order valence-electron chi connectivity index (χ3n) is 10.0. The van der Waals surface area contributed by atoms with Crippen LogP contribution in [-0.4, -0.2) is 67.2 Å². The monoisotopic (exact) mass is 526 g/mol. The van der Waals surface area contributed by atoms with E-state index in [4.69, 9.17) is 0 Å². The summed E-state index contributed by atoms with van der Waals surface area (Å²) >= 11 is 0. The van der Waals surface area contributed by atoms with Gasteiger partial charge in [0.1, 0.15) is 10.8 Å². The Morgan fingerprint density at radius 2 is 0.947 bits per heavy atom. The SMILES string of the molecule is C=CCN1C(C)(C)CC(C2(C(=O)O)C=CC=CC2(C(=O)O)C2CC(C)(C)N(CC=C)C(C)(C)C2)CC1(C)C. The molecular formula is C32H50N2O4. The van der Waals surface area contributed by atoms with E-state index in [1.165, 1.54) is 0 Å². The van der Waals surface area contributed by atoms with E-state index >= 15 is 0 Å². The van der Waals surface area contributed by atoms with Crippen LogP contribution in [0.25, 0.3) is 0 Å². The summed E-state index contributed by atoms with van der Waals surface area (Å²) in [5.74, 6) is -2.83. The molecule has 2 heterocycles. The van der Waals surface area contributed by atoms with Crippen molar-refractivity contribution in [2.45, 2.75) is 103 Å². The number of carbonyl (C=O) groups is 2. The molecule has 2 N–H and O–H groups in total. The van der Waals surface area contributed by atoms with Crippen LogP contribution in [0.4, 0.5) is 0 Å². The molecule has 6 nitrogen and oxygen atoms in total. The predicted octanol–water partition coefficient (Wildman–Crippen LogP) is 6.16. The summed E-state index contributed by atoms with van der Waals surface area (Å²) in [5.41, 5.74) is -4.52. The van der Waals surface area contributed by atoms with Gasteiger partial charge in [-0.3, -0.25) is 19.4 Å². The molecule has 2 saturated heterocycles. The van der Waals surface area contributed by atoms with Gasteiger partial charge in [-0.15, -0.1) is 13.2 Å². The zero-order chi connectivity index (χ0) is 28.9. The van der Waals surface area contributed by atoms with Gasteiger partial charge >= 0.3 is 11.9 Å². The number of piperidine rings is 2. The van der Waals surface area contributed by atoms with Crippen molar-refractivity contribution in [3.05, 3.63) is 49.6 Å². The maximum absolute atomic E-state index is 13.7. The normalized spacial score (nSPS) is 33.1. The van der Waals surface area contributed by atoms with Crippen LogP contribution in [0.15, 0.2) is 49.6 Å². The van der Waals surface area contributed by atoms with Crippen LogP contribution in [0.2, 0.25) is 0 Å². The van der Waals surface area contributed by atoms with Crippen LogP contribution < -0.4 is 0 Å². The molecule has 0 aromatic rings. The number of rotatable bonds is 8. The third kappa shape index (κ3) is 4.52. The minimum atomic E-state index is -1.58. The highest BCUT2D eigenvalue weighted by molar-refractivity contribution is 5.91. The zero-order valence-electron chi connectivity index (χ0n) is 24.9. The van der Waals surface area contributed by atoms with Crippen LogP contribution in [0.5, 0.6) is 0 Å². The van der Waals surface area contributed by atoms with Gasteiger partial charge in [0.15, 0.2) is 0 Å². The molecule has 0 spiro atoms. The van der Waals surface area contributed by atoms with E-state index in [0.29, 0.717) is 38.8 Å². The second-order valence-corrected chi connectivity index (χ2v) is 14.3. The molecule has 2 fully saturated rings. The maximum atomic E-state index is 13.7. The van der Waals surface area contributed by atoms with Crippen LogP contribution in [0, 0.1) is 22.7 Å². The molecule has 0 saturated carbocycles. The van der Waals surface area contributed by atoms with Crippen LogP contribution in [-0.2, 0) is 9.59 Å². The van der Waals surface area contributed by atoms with Gasteiger partial charge in [0.25, 0.3) is 0 Å². The largest absolute Gasteiger partial charge is 0.481 e. The summed E-state index contributed by atoms with van der Waals surface area (Å²) in [4.78, 5) is 32.1. The number of allylic oxidation sites excluding steroid dienone is 2. The third-order valence-corrected chi connectivity index (χ3v) is 10.0. The number of likely N-dealkylation sites (tertiary alicyclic amines) is 2. The Labute approximate surface area is 230 Å². The summed E-state index contributed by atoms with van der Waals surface area (Å²) < 4.78 is 0. The molecule has 0 aromatic carbocycles. The lowest BCUT2D eigenvalue weighted by Gasteiger charge is -2.63. The number of hydrogen-bond acceptors (Lipinski definition) is 4. The first-order valence-corrected chi connectivity index (χ1v) is 14.0. The number of nitrogens with zero attached hydrogens (tertiary/aromatic N) is 2. The molecule has 0 radical (unpaired) electrons. The van der Waals surface area contributed by atoms with Gasteiger partial charge in [-0.05, 0) is 92.9 Å². The second-order valence-electron chi connectivity index (χ2n) is 14.3. The molecule has 2 aliphatic heterocycles. The number of carboxylic acid groups (broad SMARTS) is 2. The lowest BCUT2D eigenvalue weighted by Crippen LogP contribution is -2.69. The van der Waals surface area contributed by atoms with Gasteiger partial charge < -0.3 is 10.2 Å². The fourth-order valence-corrected chi connectivity index (χ4v) is 9.01. The summed E-state index contributed by atoms with van der Waals surface area (Å²) in [7, 11) is 0. The average Bonchev–Trinajstić information content (AvgIpc) is 2.76. The first kappa shape index (κ1) is 30.4. The van der Waals surface area contributed by atoms with Crippen LogP contribution in [0.1, 0.15) is 81.1 Å². The molecule has 0 amide bonds. The van der Waals surface area contributed by atoms with Crippen LogP contribution in [0.3, 0.4) is 0 Å². The predicted molar refractivity (Wildman–Crippen MR) is 154 cm³/mol. The Hall–Kier alpha value is -2.18. The van der Waals surface area contributed by atoms with Gasteiger partial charge in [-0.1, -0.05) is 36.5 Å². The van der Waals surface area contributed by atoms with E-state index in [9.17, 15) is 19.8 Å². The highest BCUT2D eigenvalue weighted by Crippen LogP contribution is 2.63. The van der Waals surface area contributed by atoms with Gasteiger partial charge in [-0.2, -0.15) is 0 Å². The minimum Gasteiger partial charge on any atom is -0.481 e. The van der Waals surface area contributed by atoms with Crippen molar-refractivity contribution in [3.63, 3.8) is 0 Å². The van der Waals surface area contributed by atoms with Gasteiger partial charge in [0.05, 0.1) is 0 Å². The molecule has 0 aromatic heterocycles. The van der Waals surface area contributed by atoms with E-state index in [2.05, 4.69) is 78.3 Å².